The number of halogens is 3. The van der Waals surface area contributed by atoms with Crippen molar-refractivity contribution in [3.63, 3.8) is 0 Å². The summed E-state index contributed by atoms with van der Waals surface area (Å²) in [6.45, 7) is 22.9. The number of aromatic nitrogens is 3. The number of nitrogens with one attached hydrogen (secondary N) is 3. The van der Waals surface area contributed by atoms with Gasteiger partial charge >= 0.3 is 0 Å². The lowest BCUT2D eigenvalue weighted by atomic mass is 9.96. The lowest BCUT2D eigenvalue weighted by Gasteiger charge is -2.40. The molecule has 9 nitrogen and oxygen atoms in total. The van der Waals surface area contributed by atoms with Crippen LogP contribution in [0.25, 0.3) is 0 Å². The van der Waals surface area contributed by atoms with Crippen LogP contribution in [0.5, 0.6) is 0 Å². The molecule has 12 heteroatoms. The summed E-state index contributed by atoms with van der Waals surface area (Å²) in [7, 11) is 0. The molecule has 0 spiro atoms. The summed E-state index contributed by atoms with van der Waals surface area (Å²) in [5, 5.41) is 13.2. The van der Waals surface area contributed by atoms with Gasteiger partial charge in [0.25, 0.3) is 0 Å². The molecule has 9 rings (SSSR count). The van der Waals surface area contributed by atoms with Gasteiger partial charge in [-0.2, -0.15) is 0 Å². The minimum absolute atomic E-state index is 0.178. The SMILES string of the molecule is CC(C)[C@H]1CN(C(c2ccc(Cl)cc2)c2ccccn2)CCN1.CC(C)[C@H]1CN(C(c2ccc(Cl)cc2)c2ccccn2)CCN1.CC(C)[C@H]1CN(C(c2ccc(Cl)cc2)c2ccccn2)CCN1. The predicted octanol–water partition coefficient (Wildman–Crippen LogP) is 11.3. The molecule has 69 heavy (non-hydrogen) atoms. The van der Waals surface area contributed by atoms with E-state index >= 15 is 0 Å². The molecule has 3 aliphatic rings. The molecular weight excluding hydrogens is 917 g/mol. The Hall–Kier alpha value is -4.26. The van der Waals surface area contributed by atoms with Crippen LogP contribution in [-0.4, -0.2) is 107 Å². The van der Waals surface area contributed by atoms with Gasteiger partial charge < -0.3 is 16.0 Å². The summed E-state index contributed by atoms with van der Waals surface area (Å²) in [6.07, 6.45) is 5.63. The lowest BCUT2D eigenvalue weighted by Crippen LogP contribution is -2.53. The number of rotatable bonds is 12. The maximum Gasteiger partial charge on any atom is 0.0777 e. The minimum atomic E-state index is 0.178. The molecule has 0 saturated carbocycles. The summed E-state index contributed by atoms with van der Waals surface area (Å²) in [5.74, 6) is 1.85. The molecule has 3 aliphatic heterocycles. The average molecular weight is 990 g/mol. The van der Waals surface area contributed by atoms with Crippen LogP contribution in [0.15, 0.2) is 146 Å². The molecule has 6 aromatic rings. The van der Waals surface area contributed by atoms with Gasteiger partial charge in [-0.05, 0) is 107 Å². The first-order chi connectivity index (χ1) is 33.4. The van der Waals surface area contributed by atoms with Crippen molar-refractivity contribution in [2.75, 3.05) is 58.9 Å². The van der Waals surface area contributed by atoms with Gasteiger partial charge in [0.2, 0.25) is 0 Å². The predicted molar refractivity (Wildman–Crippen MR) is 287 cm³/mol. The van der Waals surface area contributed by atoms with Crippen molar-refractivity contribution in [3.05, 3.63) is 195 Å². The lowest BCUT2D eigenvalue weighted by molar-refractivity contribution is 0.142. The molecule has 3 aromatic carbocycles. The van der Waals surface area contributed by atoms with Crippen molar-refractivity contribution < 1.29 is 0 Å². The zero-order chi connectivity index (χ0) is 48.7. The third-order valence-electron chi connectivity index (χ3n) is 13.7. The van der Waals surface area contributed by atoms with Crippen LogP contribution >= 0.6 is 34.8 Å². The molecule has 0 radical (unpaired) electrons. The van der Waals surface area contributed by atoms with E-state index in [4.69, 9.17) is 34.8 Å². The fourth-order valence-corrected chi connectivity index (χ4v) is 10.1. The summed E-state index contributed by atoms with van der Waals surface area (Å²) in [6, 6.07) is 45.0. The maximum atomic E-state index is 6.07. The van der Waals surface area contributed by atoms with Crippen molar-refractivity contribution >= 4 is 34.8 Å². The Kier molecular flexibility index (Phi) is 20.0. The minimum Gasteiger partial charge on any atom is -0.311 e. The molecule has 0 bridgehead atoms. The van der Waals surface area contributed by atoms with Crippen LogP contribution in [0.1, 0.15) is 93.4 Å². The number of hydrogen-bond acceptors (Lipinski definition) is 9. The van der Waals surface area contributed by atoms with Gasteiger partial charge in [-0.15, -0.1) is 0 Å². The number of hydrogen-bond donors (Lipinski definition) is 3. The van der Waals surface area contributed by atoms with Gasteiger partial charge in [0.1, 0.15) is 0 Å². The normalized spacial score (nSPS) is 20.6. The zero-order valence-corrected chi connectivity index (χ0v) is 43.5. The van der Waals surface area contributed by atoms with Crippen molar-refractivity contribution in [3.8, 4) is 0 Å². The molecule has 3 N–H and O–H groups in total. The van der Waals surface area contributed by atoms with E-state index in [1.54, 1.807) is 0 Å². The van der Waals surface area contributed by atoms with Gasteiger partial charge in [0, 0.05) is 111 Å². The van der Waals surface area contributed by atoms with Gasteiger partial charge in [-0.1, -0.05) is 131 Å². The highest BCUT2D eigenvalue weighted by Crippen LogP contribution is 2.33. The Morgan fingerprint density at radius 2 is 0.652 bits per heavy atom. The van der Waals surface area contributed by atoms with Gasteiger partial charge in [0.15, 0.2) is 0 Å². The van der Waals surface area contributed by atoms with Gasteiger partial charge in [-0.3, -0.25) is 29.7 Å². The van der Waals surface area contributed by atoms with E-state index in [9.17, 15) is 0 Å². The van der Waals surface area contributed by atoms with E-state index in [1.165, 1.54) is 16.7 Å². The molecular formula is C57H72Cl3N9. The summed E-state index contributed by atoms with van der Waals surface area (Å²) < 4.78 is 0. The Balaban J connectivity index is 0.000000153. The second kappa shape index (κ2) is 26.3. The first-order valence-corrected chi connectivity index (χ1v) is 26.0. The smallest absolute Gasteiger partial charge is 0.0777 e. The van der Waals surface area contributed by atoms with Gasteiger partial charge in [-0.25, -0.2) is 0 Å². The molecule has 3 unspecified atom stereocenters. The molecule has 0 aliphatic carbocycles. The van der Waals surface area contributed by atoms with Crippen molar-refractivity contribution in [2.45, 2.75) is 77.8 Å². The van der Waals surface area contributed by atoms with Crippen molar-refractivity contribution in [1.82, 2.24) is 45.6 Å². The monoisotopic (exact) mass is 987 g/mol. The zero-order valence-electron chi connectivity index (χ0n) is 41.2. The van der Waals surface area contributed by atoms with Crippen molar-refractivity contribution in [2.24, 2.45) is 17.8 Å². The van der Waals surface area contributed by atoms with Crippen LogP contribution in [0.2, 0.25) is 15.1 Å². The van der Waals surface area contributed by atoms with E-state index in [-0.39, 0.29) is 18.1 Å². The summed E-state index contributed by atoms with van der Waals surface area (Å²) >= 11 is 18.2. The number of nitrogens with zero attached hydrogens (tertiary/aromatic N) is 6. The summed E-state index contributed by atoms with van der Waals surface area (Å²) in [5.41, 5.74) is 7.03. The van der Waals surface area contributed by atoms with E-state index in [2.05, 4.69) is 160 Å². The Morgan fingerprint density at radius 1 is 0.391 bits per heavy atom. The van der Waals surface area contributed by atoms with Crippen LogP contribution < -0.4 is 16.0 Å². The molecule has 3 aromatic heterocycles. The largest absolute Gasteiger partial charge is 0.311 e. The Bertz CT molecular complexity index is 2110. The number of benzene rings is 3. The molecule has 6 heterocycles. The number of piperazine rings is 3. The summed E-state index contributed by atoms with van der Waals surface area (Å²) in [4.78, 5) is 21.5. The highest BCUT2D eigenvalue weighted by Gasteiger charge is 2.32. The fourth-order valence-electron chi connectivity index (χ4n) is 9.70. The second-order valence-electron chi connectivity index (χ2n) is 19.5. The second-order valence-corrected chi connectivity index (χ2v) is 20.8. The highest BCUT2D eigenvalue weighted by molar-refractivity contribution is 6.31. The maximum absolute atomic E-state index is 6.07. The highest BCUT2D eigenvalue weighted by atomic mass is 35.5. The molecule has 366 valence electrons. The third kappa shape index (κ3) is 14.9. The molecule has 3 saturated heterocycles. The Labute approximate surface area is 427 Å². The van der Waals surface area contributed by atoms with Crippen molar-refractivity contribution in [1.29, 1.82) is 0 Å². The average Bonchev–Trinajstić information content (AvgIpc) is 3.38. The fraction of sp³-hybridized carbons (Fsp3) is 0.421. The first kappa shape index (κ1) is 52.6. The van der Waals surface area contributed by atoms with Crippen LogP contribution in [-0.2, 0) is 0 Å². The van der Waals surface area contributed by atoms with Crippen LogP contribution in [0, 0.1) is 17.8 Å². The third-order valence-corrected chi connectivity index (χ3v) is 14.4. The molecule has 3 fully saturated rings. The number of pyridine rings is 3. The van der Waals surface area contributed by atoms with E-state index in [1.807, 2.05) is 73.2 Å². The van der Waals surface area contributed by atoms with Gasteiger partial charge in [0.05, 0.1) is 35.2 Å². The van der Waals surface area contributed by atoms with E-state index in [0.717, 1.165) is 91.1 Å². The first-order valence-electron chi connectivity index (χ1n) is 24.9. The van der Waals surface area contributed by atoms with Crippen LogP contribution in [0.4, 0.5) is 0 Å². The quantitative estimate of drug-likeness (QED) is 0.111. The Morgan fingerprint density at radius 3 is 0.870 bits per heavy atom. The van der Waals surface area contributed by atoms with Crippen LogP contribution in [0.3, 0.4) is 0 Å². The molecule has 0 amide bonds. The molecule has 6 atom stereocenters. The topological polar surface area (TPSA) is 84.5 Å². The van der Waals surface area contributed by atoms with E-state index in [0.29, 0.717) is 35.9 Å². The van der Waals surface area contributed by atoms with E-state index < -0.39 is 0 Å². The standard InChI is InChI=1S/3C19H24ClN3/c3*1-14(2)18-13-23(12-11-22-18)19(17-5-3-4-10-21-17)15-6-8-16(20)9-7-15/h3*3-10,14,18-19,22H,11-13H2,1-2H3/t3*18-,19?/m111/s1.